The molecule has 1 aromatic rings. The Morgan fingerprint density at radius 1 is 1.62 bits per heavy atom. The van der Waals surface area contributed by atoms with Gasteiger partial charge >= 0.3 is 0 Å². The van der Waals surface area contributed by atoms with Gasteiger partial charge in [0.05, 0.1) is 4.88 Å². The van der Waals surface area contributed by atoms with Crippen molar-refractivity contribution in [2.24, 2.45) is 5.92 Å². The Hall–Kier alpha value is -0.350. The highest BCUT2D eigenvalue weighted by molar-refractivity contribution is 9.09. The van der Waals surface area contributed by atoms with Crippen molar-refractivity contribution in [2.45, 2.75) is 26.7 Å². The van der Waals surface area contributed by atoms with Gasteiger partial charge in [-0.2, -0.15) is 0 Å². The molecule has 0 aliphatic rings. The van der Waals surface area contributed by atoms with Gasteiger partial charge in [0.1, 0.15) is 0 Å². The maximum Gasteiger partial charge on any atom is 0.261 e. The molecule has 0 aromatic carbocycles. The molecule has 4 heteroatoms. The van der Waals surface area contributed by atoms with Crippen molar-refractivity contribution < 1.29 is 4.79 Å². The van der Waals surface area contributed by atoms with Gasteiger partial charge in [0.2, 0.25) is 0 Å². The summed E-state index contributed by atoms with van der Waals surface area (Å²) in [5.74, 6) is 0.599. The number of hydrogen-bond donors (Lipinski definition) is 1. The molecule has 1 atom stereocenters. The summed E-state index contributed by atoms with van der Waals surface area (Å²) in [5, 5.41) is 5.97. The first-order valence-electron chi connectivity index (χ1n) is 5.59. The van der Waals surface area contributed by atoms with Crippen molar-refractivity contribution in [3.05, 3.63) is 21.9 Å². The van der Waals surface area contributed by atoms with E-state index in [0.717, 1.165) is 35.2 Å². The van der Waals surface area contributed by atoms with Crippen LogP contribution in [0.1, 0.15) is 35.5 Å². The van der Waals surface area contributed by atoms with Crippen molar-refractivity contribution >= 4 is 33.2 Å². The van der Waals surface area contributed by atoms with Gasteiger partial charge < -0.3 is 5.32 Å². The summed E-state index contributed by atoms with van der Waals surface area (Å²) < 4.78 is 0. The standard InChI is InChI=1S/C12H18BrNOS/c1-3-10-5-7-16-11(10)12(15)14-8-9(2)4-6-13/h5,7,9H,3-4,6,8H2,1-2H3,(H,14,15). The fraction of sp³-hybridized carbons (Fsp3) is 0.583. The fourth-order valence-corrected chi connectivity index (χ4v) is 3.14. The maximum absolute atomic E-state index is 11.9. The van der Waals surface area contributed by atoms with E-state index in [1.807, 2.05) is 11.4 Å². The molecule has 0 fully saturated rings. The highest BCUT2D eigenvalue weighted by Gasteiger charge is 2.12. The van der Waals surface area contributed by atoms with Crippen LogP contribution in [0.15, 0.2) is 11.4 Å². The Labute approximate surface area is 110 Å². The number of amides is 1. The lowest BCUT2D eigenvalue weighted by atomic mass is 10.1. The molecule has 16 heavy (non-hydrogen) atoms. The van der Waals surface area contributed by atoms with E-state index in [9.17, 15) is 4.79 Å². The monoisotopic (exact) mass is 303 g/mol. The van der Waals surface area contributed by atoms with Crippen LogP contribution in [0.3, 0.4) is 0 Å². The van der Waals surface area contributed by atoms with Crippen molar-refractivity contribution in [3.8, 4) is 0 Å². The summed E-state index contributed by atoms with van der Waals surface area (Å²) in [7, 11) is 0. The molecular formula is C12H18BrNOS. The molecule has 1 rings (SSSR count). The van der Waals surface area contributed by atoms with Crippen LogP contribution >= 0.6 is 27.3 Å². The van der Waals surface area contributed by atoms with E-state index in [0.29, 0.717) is 5.92 Å². The van der Waals surface area contributed by atoms with E-state index in [-0.39, 0.29) is 5.91 Å². The Balaban J connectivity index is 2.46. The average Bonchev–Trinajstić information content (AvgIpc) is 2.74. The highest BCUT2D eigenvalue weighted by atomic mass is 79.9. The minimum absolute atomic E-state index is 0.0771. The normalized spacial score (nSPS) is 12.4. The van der Waals surface area contributed by atoms with Crippen LogP contribution in [0.25, 0.3) is 0 Å². The lowest BCUT2D eigenvalue weighted by Gasteiger charge is -2.10. The van der Waals surface area contributed by atoms with Gasteiger partial charge in [-0.05, 0) is 35.8 Å². The minimum atomic E-state index is 0.0771. The third-order valence-corrected chi connectivity index (χ3v) is 3.96. The molecule has 0 aliphatic carbocycles. The molecule has 1 amide bonds. The summed E-state index contributed by atoms with van der Waals surface area (Å²) in [4.78, 5) is 12.8. The maximum atomic E-state index is 11.9. The largest absolute Gasteiger partial charge is 0.351 e. The Kier molecular flexibility index (Phi) is 6.06. The molecule has 0 saturated heterocycles. The van der Waals surface area contributed by atoms with Gasteiger partial charge in [-0.25, -0.2) is 0 Å². The molecule has 0 radical (unpaired) electrons. The fourth-order valence-electron chi connectivity index (χ4n) is 1.45. The van der Waals surface area contributed by atoms with E-state index >= 15 is 0 Å². The summed E-state index contributed by atoms with van der Waals surface area (Å²) >= 11 is 4.93. The molecule has 0 bridgehead atoms. The number of carbonyl (C=O) groups excluding carboxylic acids is 1. The van der Waals surface area contributed by atoms with E-state index in [4.69, 9.17) is 0 Å². The second-order valence-corrected chi connectivity index (χ2v) is 5.63. The first kappa shape index (κ1) is 13.7. The zero-order chi connectivity index (χ0) is 12.0. The lowest BCUT2D eigenvalue weighted by Crippen LogP contribution is -2.28. The molecular weight excluding hydrogens is 286 g/mol. The highest BCUT2D eigenvalue weighted by Crippen LogP contribution is 2.17. The van der Waals surface area contributed by atoms with Crippen LogP contribution in [0.4, 0.5) is 0 Å². The van der Waals surface area contributed by atoms with Crippen LogP contribution < -0.4 is 5.32 Å². The molecule has 2 nitrogen and oxygen atoms in total. The van der Waals surface area contributed by atoms with E-state index < -0.39 is 0 Å². The van der Waals surface area contributed by atoms with E-state index in [1.165, 1.54) is 11.3 Å². The van der Waals surface area contributed by atoms with Crippen molar-refractivity contribution in [2.75, 3.05) is 11.9 Å². The van der Waals surface area contributed by atoms with Gasteiger partial charge in [0.15, 0.2) is 0 Å². The predicted molar refractivity (Wildman–Crippen MR) is 73.6 cm³/mol. The molecule has 0 saturated carbocycles. The average molecular weight is 304 g/mol. The van der Waals surface area contributed by atoms with Gasteiger partial charge in [-0.1, -0.05) is 29.8 Å². The molecule has 1 unspecified atom stereocenters. The summed E-state index contributed by atoms with van der Waals surface area (Å²) in [5.41, 5.74) is 1.15. The lowest BCUT2D eigenvalue weighted by molar-refractivity contribution is 0.0951. The zero-order valence-electron chi connectivity index (χ0n) is 9.75. The van der Waals surface area contributed by atoms with Gasteiger partial charge in [-0.3, -0.25) is 4.79 Å². The number of thiophene rings is 1. The zero-order valence-corrected chi connectivity index (χ0v) is 12.2. The van der Waals surface area contributed by atoms with Crippen LogP contribution in [-0.2, 0) is 6.42 Å². The van der Waals surface area contributed by atoms with Crippen molar-refractivity contribution in [1.82, 2.24) is 5.32 Å². The summed E-state index contributed by atoms with van der Waals surface area (Å²) in [6.45, 7) is 4.98. The third kappa shape index (κ3) is 3.91. The van der Waals surface area contributed by atoms with Crippen LogP contribution in [0.5, 0.6) is 0 Å². The van der Waals surface area contributed by atoms with Crippen LogP contribution in [0, 0.1) is 5.92 Å². The molecule has 1 heterocycles. The number of nitrogens with one attached hydrogen (secondary N) is 1. The smallest absolute Gasteiger partial charge is 0.261 e. The summed E-state index contributed by atoms with van der Waals surface area (Å²) in [6.07, 6.45) is 2.01. The molecule has 0 aliphatic heterocycles. The Morgan fingerprint density at radius 3 is 3.00 bits per heavy atom. The predicted octanol–water partition coefficient (Wildman–Crippen LogP) is 3.46. The van der Waals surface area contributed by atoms with E-state index in [2.05, 4.69) is 35.1 Å². The number of hydrogen-bond acceptors (Lipinski definition) is 2. The minimum Gasteiger partial charge on any atom is -0.351 e. The molecule has 1 aromatic heterocycles. The SMILES string of the molecule is CCc1ccsc1C(=O)NCC(C)CCBr. The van der Waals surface area contributed by atoms with Gasteiger partial charge in [0, 0.05) is 11.9 Å². The second-order valence-electron chi connectivity index (χ2n) is 3.92. The first-order chi connectivity index (χ1) is 7.69. The number of rotatable bonds is 6. The Bertz CT molecular complexity index is 338. The first-order valence-corrected chi connectivity index (χ1v) is 7.59. The van der Waals surface area contributed by atoms with Crippen molar-refractivity contribution in [1.29, 1.82) is 0 Å². The molecule has 0 spiro atoms. The number of halogens is 1. The number of aryl methyl sites for hydroxylation is 1. The van der Waals surface area contributed by atoms with Gasteiger partial charge in [0.25, 0.3) is 5.91 Å². The quantitative estimate of drug-likeness (QED) is 0.801. The number of alkyl halides is 1. The summed E-state index contributed by atoms with van der Waals surface area (Å²) in [6, 6.07) is 2.03. The number of carbonyl (C=O) groups is 1. The molecule has 1 N–H and O–H groups in total. The Morgan fingerprint density at radius 2 is 2.38 bits per heavy atom. The topological polar surface area (TPSA) is 29.1 Å². The van der Waals surface area contributed by atoms with Crippen molar-refractivity contribution in [3.63, 3.8) is 0 Å². The van der Waals surface area contributed by atoms with Crippen LogP contribution in [0.2, 0.25) is 0 Å². The van der Waals surface area contributed by atoms with Gasteiger partial charge in [-0.15, -0.1) is 11.3 Å². The second kappa shape index (κ2) is 7.07. The van der Waals surface area contributed by atoms with E-state index in [1.54, 1.807) is 0 Å². The van der Waals surface area contributed by atoms with Crippen LogP contribution in [-0.4, -0.2) is 17.8 Å². The molecule has 90 valence electrons. The third-order valence-electron chi connectivity index (χ3n) is 2.55.